The number of nitrogens with zero attached hydrogens (tertiary/aromatic N) is 2. The minimum absolute atomic E-state index is 0.517. The predicted octanol–water partition coefficient (Wildman–Crippen LogP) is 6.69. The standard InChI is InChI=1S/C21H14Cl3N3/c22-15-10-18(23)21(19(24)11-15)17-4-2-1-3-16(17)14-7-5-13(6-8-14)9-20-25-12-26-27-20/h1-8,10-12H,9H2,(H,25,26,27). The van der Waals surface area contributed by atoms with Crippen LogP contribution in [0, 0.1) is 0 Å². The van der Waals surface area contributed by atoms with Crippen molar-refractivity contribution in [1.82, 2.24) is 15.2 Å². The van der Waals surface area contributed by atoms with E-state index in [4.69, 9.17) is 34.8 Å². The van der Waals surface area contributed by atoms with E-state index in [2.05, 4.69) is 45.5 Å². The first kappa shape index (κ1) is 18.1. The van der Waals surface area contributed by atoms with Crippen molar-refractivity contribution >= 4 is 34.8 Å². The molecule has 0 aliphatic rings. The lowest BCUT2D eigenvalue weighted by Crippen LogP contribution is -1.92. The van der Waals surface area contributed by atoms with Crippen LogP contribution in [0.2, 0.25) is 15.1 Å². The van der Waals surface area contributed by atoms with E-state index in [-0.39, 0.29) is 0 Å². The summed E-state index contributed by atoms with van der Waals surface area (Å²) in [6, 6.07) is 19.8. The molecule has 3 nitrogen and oxygen atoms in total. The first-order valence-corrected chi connectivity index (χ1v) is 9.42. The third-order valence-electron chi connectivity index (χ3n) is 4.30. The number of aromatic amines is 1. The summed E-state index contributed by atoms with van der Waals surface area (Å²) in [7, 11) is 0. The molecular formula is C21H14Cl3N3. The van der Waals surface area contributed by atoms with Crippen molar-refractivity contribution in [1.29, 1.82) is 0 Å². The number of benzene rings is 3. The summed E-state index contributed by atoms with van der Waals surface area (Å²) in [5.41, 5.74) is 5.02. The van der Waals surface area contributed by atoms with E-state index < -0.39 is 0 Å². The van der Waals surface area contributed by atoms with E-state index >= 15 is 0 Å². The molecule has 0 saturated heterocycles. The molecular weight excluding hydrogens is 401 g/mol. The molecule has 4 rings (SSSR count). The Morgan fingerprint density at radius 3 is 2.11 bits per heavy atom. The third-order valence-corrected chi connectivity index (χ3v) is 5.12. The lowest BCUT2D eigenvalue weighted by Gasteiger charge is -2.14. The van der Waals surface area contributed by atoms with Gasteiger partial charge in [-0.3, -0.25) is 5.10 Å². The maximum Gasteiger partial charge on any atom is 0.137 e. The molecule has 3 aromatic carbocycles. The van der Waals surface area contributed by atoms with Gasteiger partial charge in [-0.05, 0) is 34.4 Å². The van der Waals surface area contributed by atoms with Gasteiger partial charge in [-0.15, -0.1) is 0 Å². The Morgan fingerprint density at radius 1 is 0.815 bits per heavy atom. The molecule has 0 fully saturated rings. The molecule has 0 atom stereocenters. The Labute approximate surface area is 171 Å². The van der Waals surface area contributed by atoms with Gasteiger partial charge in [0.05, 0.1) is 10.0 Å². The predicted molar refractivity (Wildman–Crippen MR) is 112 cm³/mol. The Hall–Kier alpha value is -2.33. The van der Waals surface area contributed by atoms with Crippen LogP contribution in [-0.4, -0.2) is 15.2 Å². The van der Waals surface area contributed by atoms with Gasteiger partial charge < -0.3 is 0 Å². The minimum Gasteiger partial charge on any atom is -0.263 e. The van der Waals surface area contributed by atoms with E-state index in [9.17, 15) is 0 Å². The van der Waals surface area contributed by atoms with Gasteiger partial charge >= 0.3 is 0 Å². The normalized spacial score (nSPS) is 10.9. The van der Waals surface area contributed by atoms with Gasteiger partial charge in [-0.2, -0.15) is 5.10 Å². The topological polar surface area (TPSA) is 41.6 Å². The number of rotatable bonds is 4. The van der Waals surface area contributed by atoms with Crippen LogP contribution in [0.15, 0.2) is 67.0 Å². The average molecular weight is 415 g/mol. The Balaban J connectivity index is 1.73. The number of hydrogen-bond acceptors (Lipinski definition) is 2. The zero-order chi connectivity index (χ0) is 18.8. The molecule has 6 heteroatoms. The van der Waals surface area contributed by atoms with Crippen molar-refractivity contribution in [3.63, 3.8) is 0 Å². The number of aromatic nitrogens is 3. The first-order chi connectivity index (χ1) is 13.1. The minimum atomic E-state index is 0.517. The van der Waals surface area contributed by atoms with Crippen LogP contribution < -0.4 is 0 Å². The maximum absolute atomic E-state index is 6.45. The van der Waals surface area contributed by atoms with Crippen molar-refractivity contribution in [2.45, 2.75) is 6.42 Å². The van der Waals surface area contributed by atoms with Crippen molar-refractivity contribution < 1.29 is 0 Å². The van der Waals surface area contributed by atoms with Gasteiger partial charge in [-0.1, -0.05) is 83.3 Å². The highest BCUT2D eigenvalue weighted by molar-refractivity contribution is 6.42. The molecule has 0 aliphatic heterocycles. The van der Waals surface area contributed by atoms with E-state index in [0.717, 1.165) is 33.6 Å². The Kier molecular flexibility index (Phi) is 5.17. The summed E-state index contributed by atoms with van der Waals surface area (Å²) in [4.78, 5) is 4.17. The second kappa shape index (κ2) is 7.73. The molecule has 1 heterocycles. The Bertz CT molecular complexity index is 1050. The van der Waals surface area contributed by atoms with Crippen molar-refractivity contribution in [3.8, 4) is 22.3 Å². The van der Waals surface area contributed by atoms with E-state index in [1.807, 2.05) is 18.2 Å². The monoisotopic (exact) mass is 413 g/mol. The molecule has 1 N–H and O–H groups in total. The highest BCUT2D eigenvalue weighted by Crippen LogP contribution is 2.41. The van der Waals surface area contributed by atoms with Gasteiger partial charge in [-0.25, -0.2) is 4.98 Å². The van der Waals surface area contributed by atoms with Gasteiger partial charge in [0.15, 0.2) is 0 Å². The molecule has 0 radical (unpaired) electrons. The molecule has 0 amide bonds. The highest BCUT2D eigenvalue weighted by Gasteiger charge is 2.14. The molecule has 0 unspecified atom stereocenters. The Morgan fingerprint density at radius 2 is 1.48 bits per heavy atom. The fourth-order valence-electron chi connectivity index (χ4n) is 3.06. The summed E-state index contributed by atoms with van der Waals surface area (Å²) in [5.74, 6) is 0.836. The zero-order valence-electron chi connectivity index (χ0n) is 14.1. The number of hydrogen-bond donors (Lipinski definition) is 1. The highest BCUT2D eigenvalue weighted by atomic mass is 35.5. The van der Waals surface area contributed by atoms with E-state index in [0.29, 0.717) is 21.5 Å². The molecule has 0 aliphatic carbocycles. The van der Waals surface area contributed by atoms with Crippen molar-refractivity contribution in [3.05, 3.63) is 93.4 Å². The second-order valence-electron chi connectivity index (χ2n) is 6.10. The first-order valence-electron chi connectivity index (χ1n) is 8.29. The summed E-state index contributed by atoms with van der Waals surface area (Å²) in [6.45, 7) is 0. The summed E-state index contributed by atoms with van der Waals surface area (Å²) in [5, 5.41) is 8.33. The van der Waals surface area contributed by atoms with Crippen LogP contribution in [0.25, 0.3) is 22.3 Å². The summed E-state index contributed by atoms with van der Waals surface area (Å²) < 4.78 is 0. The lowest BCUT2D eigenvalue weighted by molar-refractivity contribution is 0.972. The third kappa shape index (κ3) is 3.86. The second-order valence-corrected chi connectivity index (χ2v) is 7.35. The van der Waals surface area contributed by atoms with Crippen LogP contribution in [0.1, 0.15) is 11.4 Å². The lowest BCUT2D eigenvalue weighted by atomic mass is 9.94. The van der Waals surface area contributed by atoms with Crippen LogP contribution in [0.4, 0.5) is 0 Å². The molecule has 1 aromatic heterocycles. The average Bonchev–Trinajstić information content (AvgIpc) is 3.15. The van der Waals surface area contributed by atoms with Crippen molar-refractivity contribution in [2.24, 2.45) is 0 Å². The number of nitrogens with one attached hydrogen (secondary N) is 1. The maximum atomic E-state index is 6.45. The van der Waals surface area contributed by atoms with Crippen molar-refractivity contribution in [2.75, 3.05) is 0 Å². The fraction of sp³-hybridized carbons (Fsp3) is 0.0476. The van der Waals surface area contributed by atoms with Gasteiger partial charge in [0.1, 0.15) is 12.2 Å². The van der Waals surface area contributed by atoms with Gasteiger partial charge in [0.2, 0.25) is 0 Å². The van der Waals surface area contributed by atoms with Crippen LogP contribution in [0.3, 0.4) is 0 Å². The number of halogens is 3. The quantitative estimate of drug-likeness (QED) is 0.404. The fourth-order valence-corrected chi connectivity index (χ4v) is 4.08. The van der Waals surface area contributed by atoms with Crippen LogP contribution in [0.5, 0.6) is 0 Å². The molecule has 0 saturated carbocycles. The molecule has 4 aromatic rings. The van der Waals surface area contributed by atoms with Gasteiger partial charge in [0, 0.05) is 17.0 Å². The summed E-state index contributed by atoms with van der Waals surface area (Å²) in [6.07, 6.45) is 2.22. The molecule has 27 heavy (non-hydrogen) atoms. The van der Waals surface area contributed by atoms with E-state index in [1.54, 1.807) is 12.1 Å². The zero-order valence-corrected chi connectivity index (χ0v) is 16.4. The molecule has 0 spiro atoms. The van der Waals surface area contributed by atoms with E-state index in [1.165, 1.54) is 6.33 Å². The SMILES string of the molecule is Clc1cc(Cl)c(-c2ccccc2-c2ccc(Cc3ncn[nH]3)cc2)c(Cl)c1. The summed E-state index contributed by atoms with van der Waals surface area (Å²) >= 11 is 19.0. The molecule has 134 valence electrons. The van der Waals surface area contributed by atoms with Gasteiger partial charge in [0.25, 0.3) is 0 Å². The number of H-pyrrole nitrogens is 1. The molecule has 0 bridgehead atoms. The largest absolute Gasteiger partial charge is 0.263 e. The van der Waals surface area contributed by atoms with Crippen LogP contribution >= 0.6 is 34.8 Å². The smallest absolute Gasteiger partial charge is 0.137 e. The van der Waals surface area contributed by atoms with Crippen LogP contribution in [-0.2, 0) is 6.42 Å².